The van der Waals surface area contributed by atoms with Crippen LogP contribution in [-0.4, -0.2) is 31.8 Å². The number of hydrogen-bond acceptors (Lipinski definition) is 3. The van der Waals surface area contributed by atoms with Crippen molar-refractivity contribution in [2.45, 2.75) is 32.1 Å². The summed E-state index contributed by atoms with van der Waals surface area (Å²) in [6.07, 6.45) is 1.15. The van der Waals surface area contributed by atoms with E-state index in [1.54, 1.807) is 0 Å². The maximum atomic E-state index is 11.0. The molecule has 0 fully saturated rings. The van der Waals surface area contributed by atoms with E-state index in [-0.39, 0.29) is 11.9 Å². The molecule has 0 radical (unpaired) electrons. The van der Waals surface area contributed by atoms with Gasteiger partial charge >= 0.3 is 0 Å². The standard InChI is InChI=1S/C7H16N2O2S/c1-5(2)9-7(8)6(3)12(4,10)11/h5-6H,1-4H3,(H2,8,9). The second-order valence-corrected chi connectivity index (χ2v) is 5.49. The molecule has 0 aliphatic carbocycles. The van der Waals surface area contributed by atoms with Crippen LogP contribution in [0.5, 0.6) is 0 Å². The van der Waals surface area contributed by atoms with E-state index in [0.29, 0.717) is 0 Å². The zero-order valence-corrected chi connectivity index (χ0v) is 8.72. The fraction of sp³-hybridized carbons (Fsp3) is 0.857. The zero-order valence-electron chi connectivity index (χ0n) is 7.90. The molecule has 0 saturated carbocycles. The largest absolute Gasteiger partial charge is 0.386 e. The molecule has 0 amide bonds. The van der Waals surface area contributed by atoms with Crippen LogP contribution >= 0.6 is 0 Å². The van der Waals surface area contributed by atoms with Crippen LogP contribution in [-0.2, 0) is 9.84 Å². The third-order valence-corrected chi connectivity index (χ3v) is 2.99. The summed E-state index contributed by atoms with van der Waals surface area (Å²) in [6.45, 7) is 5.24. The van der Waals surface area contributed by atoms with Crippen molar-refractivity contribution < 1.29 is 8.42 Å². The van der Waals surface area contributed by atoms with E-state index in [1.165, 1.54) is 6.92 Å². The normalized spacial score (nSPS) is 16.6. The van der Waals surface area contributed by atoms with Crippen molar-refractivity contribution >= 4 is 15.7 Å². The maximum Gasteiger partial charge on any atom is 0.157 e. The van der Waals surface area contributed by atoms with E-state index >= 15 is 0 Å². The molecule has 0 bridgehead atoms. The first-order valence-corrected chi connectivity index (χ1v) is 5.72. The lowest BCUT2D eigenvalue weighted by atomic mass is 10.4. The Morgan fingerprint density at radius 1 is 1.33 bits per heavy atom. The number of rotatable bonds is 3. The van der Waals surface area contributed by atoms with Gasteiger partial charge in [0.05, 0.1) is 0 Å². The highest BCUT2D eigenvalue weighted by molar-refractivity contribution is 7.92. The van der Waals surface area contributed by atoms with Crippen LogP contribution in [0.1, 0.15) is 20.8 Å². The second-order valence-electron chi connectivity index (χ2n) is 3.12. The van der Waals surface area contributed by atoms with Gasteiger partial charge in [-0.3, -0.25) is 4.99 Å². The average Bonchev–Trinajstić information content (AvgIpc) is 1.82. The van der Waals surface area contributed by atoms with Gasteiger partial charge in [0.25, 0.3) is 0 Å². The fourth-order valence-electron chi connectivity index (χ4n) is 0.622. The van der Waals surface area contributed by atoms with Crippen LogP contribution in [0.25, 0.3) is 0 Å². The number of nitrogens with zero attached hydrogens (tertiary/aromatic N) is 1. The van der Waals surface area contributed by atoms with Crippen molar-refractivity contribution in [2.75, 3.05) is 6.26 Å². The summed E-state index contributed by atoms with van der Waals surface area (Å²) in [5.74, 6) is 0.188. The van der Waals surface area contributed by atoms with Gasteiger partial charge in [0.1, 0.15) is 11.1 Å². The van der Waals surface area contributed by atoms with Gasteiger partial charge in [-0.05, 0) is 20.8 Å². The lowest BCUT2D eigenvalue weighted by Gasteiger charge is -2.09. The highest BCUT2D eigenvalue weighted by atomic mass is 32.2. The predicted octanol–water partition coefficient (Wildman–Crippen LogP) is 0.185. The fourth-order valence-corrected chi connectivity index (χ4v) is 1.12. The molecule has 0 aromatic rings. The van der Waals surface area contributed by atoms with Crippen molar-refractivity contribution in [1.82, 2.24) is 0 Å². The Balaban J connectivity index is 4.62. The molecule has 0 aromatic carbocycles. The minimum atomic E-state index is -3.10. The summed E-state index contributed by atoms with van der Waals surface area (Å²) in [7, 11) is -3.10. The molecule has 5 heteroatoms. The summed E-state index contributed by atoms with van der Waals surface area (Å²) in [6, 6.07) is 0.0363. The molecule has 0 heterocycles. The molecule has 0 rings (SSSR count). The molecule has 0 aromatic heterocycles. The first-order chi connectivity index (χ1) is 5.25. The van der Waals surface area contributed by atoms with Crippen molar-refractivity contribution in [3.05, 3.63) is 0 Å². The van der Waals surface area contributed by atoms with Crippen molar-refractivity contribution in [1.29, 1.82) is 0 Å². The third-order valence-electron chi connectivity index (χ3n) is 1.47. The van der Waals surface area contributed by atoms with Crippen LogP contribution in [0.2, 0.25) is 0 Å². The summed E-state index contributed by atoms with van der Waals surface area (Å²) in [5.41, 5.74) is 5.48. The molecule has 12 heavy (non-hydrogen) atoms. The van der Waals surface area contributed by atoms with Gasteiger partial charge in [0.15, 0.2) is 9.84 Å². The van der Waals surface area contributed by atoms with Gasteiger partial charge in [-0.15, -0.1) is 0 Å². The molecular formula is C7H16N2O2S. The van der Waals surface area contributed by atoms with Gasteiger partial charge in [-0.25, -0.2) is 8.42 Å². The molecular weight excluding hydrogens is 176 g/mol. The van der Waals surface area contributed by atoms with Crippen molar-refractivity contribution in [3.8, 4) is 0 Å². The van der Waals surface area contributed by atoms with Gasteiger partial charge in [0.2, 0.25) is 0 Å². The van der Waals surface area contributed by atoms with Crippen LogP contribution in [0.3, 0.4) is 0 Å². The lowest BCUT2D eigenvalue weighted by molar-refractivity contribution is 0.598. The zero-order chi connectivity index (χ0) is 9.94. The van der Waals surface area contributed by atoms with Gasteiger partial charge in [-0.1, -0.05) is 0 Å². The summed E-state index contributed by atoms with van der Waals surface area (Å²) in [5, 5.41) is -0.681. The van der Waals surface area contributed by atoms with E-state index in [4.69, 9.17) is 5.73 Å². The maximum absolute atomic E-state index is 11.0. The van der Waals surface area contributed by atoms with Gasteiger partial charge in [0, 0.05) is 12.3 Å². The molecule has 0 aliphatic rings. The van der Waals surface area contributed by atoms with Crippen LogP contribution in [0.4, 0.5) is 0 Å². The quantitative estimate of drug-likeness (QED) is 0.512. The molecule has 4 nitrogen and oxygen atoms in total. The van der Waals surface area contributed by atoms with E-state index < -0.39 is 15.1 Å². The molecule has 1 atom stereocenters. The first kappa shape index (κ1) is 11.4. The Kier molecular flexibility index (Phi) is 3.70. The number of hydrogen-bond donors (Lipinski definition) is 1. The van der Waals surface area contributed by atoms with Crippen LogP contribution < -0.4 is 5.73 Å². The van der Waals surface area contributed by atoms with E-state index in [9.17, 15) is 8.42 Å². The minimum Gasteiger partial charge on any atom is -0.386 e. The molecule has 2 N–H and O–H groups in total. The highest BCUT2D eigenvalue weighted by Crippen LogP contribution is 1.99. The molecule has 0 saturated heterocycles. The number of sulfone groups is 1. The van der Waals surface area contributed by atoms with Crippen molar-refractivity contribution in [3.63, 3.8) is 0 Å². The molecule has 1 unspecified atom stereocenters. The summed E-state index contributed by atoms with van der Waals surface area (Å²) < 4.78 is 22.0. The van der Waals surface area contributed by atoms with Gasteiger partial charge < -0.3 is 5.73 Å². The Morgan fingerprint density at radius 2 is 1.75 bits per heavy atom. The number of nitrogens with two attached hydrogens (primary N) is 1. The first-order valence-electron chi connectivity index (χ1n) is 3.77. The predicted molar refractivity (Wildman–Crippen MR) is 51.1 cm³/mol. The Morgan fingerprint density at radius 3 is 2.00 bits per heavy atom. The Hall–Kier alpha value is -0.580. The monoisotopic (exact) mass is 192 g/mol. The van der Waals surface area contributed by atoms with Crippen molar-refractivity contribution in [2.24, 2.45) is 10.7 Å². The molecule has 0 spiro atoms. The number of aliphatic imine (C=N–C) groups is 1. The SMILES string of the molecule is CC(C)N=C(N)C(C)S(C)(=O)=O. The minimum absolute atomic E-state index is 0.0363. The summed E-state index contributed by atoms with van der Waals surface area (Å²) in [4.78, 5) is 3.96. The third kappa shape index (κ3) is 3.71. The summed E-state index contributed by atoms with van der Waals surface area (Å²) >= 11 is 0. The second kappa shape index (κ2) is 3.89. The average molecular weight is 192 g/mol. The lowest BCUT2D eigenvalue weighted by Crippen LogP contribution is -2.33. The van der Waals surface area contributed by atoms with E-state index in [2.05, 4.69) is 4.99 Å². The van der Waals surface area contributed by atoms with Crippen LogP contribution in [0, 0.1) is 0 Å². The van der Waals surface area contributed by atoms with E-state index in [0.717, 1.165) is 6.26 Å². The van der Waals surface area contributed by atoms with Gasteiger partial charge in [-0.2, -0.15) is 0 Å². The number of amidine groups is 1. The van der Waals surface area contributed by atoms with E-state index in [1.807, 2.05) is 13.8 Å². The smallest absolute Gasteiger partial charge is 0.157 e. The molecule has 72 valence electrons. The van der Waals surface area contributed by atoms with Crippen LogP contribution in [0.15, 0.2) is 4.99 Å². The molecule has 0 aliphatic heterocycles. The topological polar surface area (TPSA) is 72.5 Å². The highest BCUT2D eigenvalue weighted by Gasteiger charge is 2.18. The Bertz CT molecular complexity index is 267. The Labute approximate surface area is 73.8 Å².